The van der Waals surface area contributed by atoms with Crippen molar-refractivity contribution in [1.82, 2.24) is 4.72 Å². The van der Waals surface area contributed by atoms with Gasteiger partial charge < -0.3 is 10.1 Å². The van der Waals surface area contributed by atoms with Gasteiger partial charge in [0.1, 0.15) is 11.6 Å². The van der Waals surface area contributed by atoms with Crippen molar-refractivity contribution in [3.8, 4) is 5.75 Å². The predicted octanol–water partition coefficient (Wildman–Crippen LogP) is 7.76. The van der Waals surface area contributed by atoms with Gasteiger partial charge in [-0.05, 0) is 116 Å². The van der Waals surface area contributed by atoms with E-state index in [0.29, 0.717) is 56.6 Å². The van der Waals surface area contributed by atoms with E-state index in [9.17, 15) is 18.0 Å². The maximum atomic E-state index is 15.1. The zero-order chi connectivity index (χ0) is 34.1. The molecular formula is C35H35Cl2FN2O5S2. The number of rotatable bonds is 8. The van der Waals surface area contributed by atoms with E-state index in [1.165, 1.54) is 26.0 Å². The van der Waals surface area contributed by atoms with Crippen LogP contribution in [0.3, 0.4) is 0 Å². The Kier molecular flexibility index (Phi) is 8.73. The molecule has 2 fully saturated rings. The molecule has 248 valence electrons. The van der Waals surface area contributed by atoms with Gasteiger partial charge in [-0.1, -0.05) is 54.5 Å². The molecule has 4 unspecified atom stereocenters. The van der Waals surface area contributed by atoms with Crippen molar-refractivity contribution in [2.24, 2.45) is 5.92 Å². The number of fused-ring (bicyclic) bond motifs is 2. The maximum Gasteiger partial charge on any atom is 0.277 e. The van der Waals surface area contributed by atoms with Crippen LogP contribution in [0.25, 0.3) is 0 Å². The summed E-state index contributed by atoms with van der Waals surface area (Å²) in [6.45, 7) is 6.86. The fraction of sp³-hybridized carbons (Fsp3) is 0.400. The van der Waals surface area contributed by atoms with Crippen LogP contribution in [-0.4, -0.2) is 35.9 Å². The van der Waals surface area contributed by atoms with Crippen LogP contribution in [0.2, 0.25) is 10.0 Å². The number of nitrogens with one attached hydrogen (secondary N) is 2. The molecule has 2 amide bonds. The zero-order valence-corrected chi connectivity index (χ0v) is 29.5. The number of aryl methyl sites for hydroxylation is 1. The molecule has 2 aliphatic carbocycles. The lowest BCUT2D eigenvalue weighted by molar-refractivity contribution is -0.132. The molecule has 3 aromatic carbocycles. The van der Waals surface area contributed by atoms with Crippen LogP contribution >= 0.6 is 35.4 Å². The Hall–Kier alpha value is -3.05. The first-order chi connectivity index (χ1) is 22.1. The summed E-state index contributed by atoms with van der Waals surface area (Å²) in [6.07, 6.45) is 1.88. The topological polar surface area (TPSA) is 102 Å². The minimum atomic E-state index is -3.84. The van der Waals surface area contributed by atoms with Gasteiger partial charge in [-0.3, -0.25) is 9.59 Å². The van der Waals surface area contributed by atoms with Gasteiger partial charge in [-0.2, -0.15) is 0 Å². The number of sulfonamides is 1. The standard InChI is InChI=1S/C35H35Cl2FN2O5S2/c1-5-23-30(46)17-27(25-14-19(36)8-13-29(25)45-34(3,4)32(41)40-47(43,44)22-10-11-22)35(31(23)24-16-21(38)9-6-18(24)2)26-12-7-20(37)15-28(26)39-33(35)42/h6-9,12-16,22-23,27,31H,5,10-11,17H2,1-4H3,(H,39,42)(H,40,41). The SMILES string of the molecule is CCC1C(=S)CC(c2cc(Cl)ccc2OC(C)(C)C(=O)NS(=O)(=O)C2CC2)C2(C(=O)Nc3cc(Cl)ccc32)C1c1cc(F)ccc1C. The molecule has 1 spiro atoms. The molecule has 2 saturated carbocycles. The molecule has 3 aromatic rings. The summed E-state index contributed by atoms with van der Waals surface area (Å²) >= 11 is 19.1. The first kappa shape index (κ1) is 33.8. The lowest BCUT2D eigenvalue weighted by atomic mass is 9.50. The maximum absolute atomic E-state index is 15.1. The first-order valence-corrected chi connectivity index (χ1v) is 18.3. The number of carbonyl (C=O) groups excluding carboxylic acids is 2. The highest BCUT2D eigenvalue weighted by molar-refractivity contribution is 7.91. The molecule has 3 aliphatic rings. The van der Waals surface area contributed by atoms with Crippen molar-refractivity contribution in [3.63, 3.8) is 0 Å². The van der Waals surface area contributed by atoms with Gasteiger partial charge in [0.25, 0.3) is 5.91 Å². The Balaban J connectivity index is 1.57. The summed E-state index contributed by atoms with van der Waals surface area (Å²) in [6, 6.07) is 14.8. The van der Waals surface area contributed by atoms with E-state index in [1.54, 1.807) is 36.4 Å². The van der Waals surface area contributed by atoms with Crippen LogP contribution in [0, 0.1) is 18.7 Å². The molecule has 0 radical (unpaired) electrons. The Morgan fingerprint density at radius 3 is 2.45 bits per heavy atom. The van der Waals surface area contributed by atoms with E-state index < -0.39 is 49.8 Å². The summed E-state index contributed by atoms with van der Waals surface area (Å²) in [5.41, 5.74) is 0.250. The molecule has 7 nitrogen and oxygen atoms in total. The average Bonchev–Trinajstić information content (AvgIpc) is 3.82. The second kappa shape index (κ2) is 12.1. The third-order valence-electron chi connectivity index (χ3n) is 9.79. The molecule has 1 aliphatic heterocycles. The predicted molar refractivity (Wildman–Crippen MR) is 186 cm³/mol. The lowest BCUT2D eigenvalue weighted by Crippen LogP contribution is -2.54. The van der Waals surface area contributed by atoms with Crippen molar-refractivity contribution >= 4 is 67.8 Å². The molecule has 0 bridgehead atoms. The number of thiocarbonyl (C=S) groups is 1. The third kappa shape index (κ3) is 5.85. The normalized spacial score (nSPS) is 24.2. The number of hydrogen-bond acceptors (Lipinski definition) is 6. The molecule has 1 heterocycles. The molecule has 47 heavy (non-hydrogen) atoms. The highest BCUT2D eigenvalue weighted by Crippen LogP contribution is 2.63. The van der Waals surface area contributed by atoms with E-state index in [0.717, 1.165) is 5.56 Å². The van der Waals surface area contributed by atoms with Crippen molar-refractivity contribution < 1.29 is 27.1 Å². The number of carbonyl (C=O) groups is 2. The minimum absolute atomic E-state index is 0.241. The zero-order valence-electron chi connectivity index (χ0n) is 26.3. The van der Waals surface area contributed by atoms with Crippen LogP contribution in [0.15, 0.2) is 54.6 Å². The summed E-state index contributed by atoms with van der Waals surface area (Å²) < 4.78 is 48.9. The Bertz CT molecular complexity index is 1930. The van der Waals surface area contributed by atoms with Gasteiger partial charge in [-0.25, -0.2) is 17.5 Å². The lowest BCUT2D eigenvalue weighted by Gasteiger charge is -2.51. The van der Waals surface area contributed by atoms with Crippen molar-refractivity contribution in [2.75, 3.05) is 5.32 Å². The average molecular weight is 718 g/mol. The van der Waals surface area contributed by atoms with Crippen LogP contribution in [0.5, 0.6) is 5.75 Å². The molecule has 0 aromatic heterocycles. The van der Waals surface area contributed by atoms with E-state index in [4.69, 9.17) is 40.2 Å². The Morgan fingerprint density at radius 2 is 1.77 bits per heavy atom. The van der Waals surface area contributed by atoms with Crippen LogP contribution < -0.4 is 14.8 Å². The second-order valence-electron chi connectivity index (χ2n) is 13.2. The van der Waals surface area contributed by atoms with E-state index in [2.05, 4.69) is 10.0 Å². The van der Waals surface area contributed by atoms with Gasteiger partial charge in [0.05, 0.1) is 10.7 Å². The summed E-state index contributed by atoms with van der Waals surface area (Å²) in [7, 11) is -3.84. The fourth-order valence-corrected chi connectivity index (χ4v) is 9.61. The summed E-state index contributed by atoms with van der Waals surface area (Å²) in [5, 5.41) is 3.27. The molecule has 2 N–H and O–H groups in total. The monoisotopic (exact) mass is 716 g/mol. The number of amides is 2. The number of benzene rings is 3. The summed E-state index contributed by atoms with van der Waals surface area (Å²) in [4.78, 5) is 28.8. The largest absolute Gasteiger partial charge is 0.478 e. The molecule has 4 atom stereocenters. The molecule has 12 heteroatoms. The Morgan fingerprint density at radius 1 is 1.09 bits per heavy atom. The van der Waals surface area contributed by atoms with E-state index >= 15 is 4.39 Å². The molecular weight excluding hydrogens is 682 g/mol. The van der Waals surface area contributed by atoms with Crippen LogP contribution in [0.4, 0.5) is 10.1 Å². The quantitative estimate of drug-likeness (QED) is 0.231. The van der Waals surface area contributed by atoms with Gasteiger partial charge in [0.2, 0.25) is 15.9 Å². The van der Waals surface area contributed by atoms with Gasteiger partial charge in [-0.15, -0.1) is 0 Å². The number of hydrogen-bond donors (Lipinski definition) is 2. The third-order valence-corrected chi connectivity index (χ3v) is 12.5. The fourth-order valence-electron chi connectivity index (χ4n) is 7.36. The molecule has 0 saturated heterocycles. The van der Waals surface area contributed by atoms with Crippen LogP contribution in [-0.2, 0) is 25.0 Å². The number of ether oxygens (including phenoxy) is 1. The number of halogens is 3. The van der Waals surface area contributed by atoms with E-state index in [1.807, 2.05) is 19.9 Å². The van der Waals surface area contributed by atoms with E-state index in [-0.39, 0.29) is 24.0 Å². The van der Waals surface area contributed by atoms with Gasteiger partial charge >= 0.3 is 0 Å². The van der Waals surface area contributed by atoms with Crippen molar-refractivity contribution in [1.29, 1.82) is 0 Å². The Labute approximate surface area is 289 Å². The smallest absolute Gasteiger partial charge is 0.277 e. The van der Waals surface area contributed by atoms with Crippen LogP contribution in [0.1, 0.15) is 80.5 Å². The highest BCUT2D eigenvalue weighted by Gasteiger charge is 2.63. The van der Waals surface area contributed by atoms with Gasteiger partial charge in [0.15, 0.2) is 5.60 Å². The minimum Gasteiger partial charge on any atom is -0.478 e. The first-order valence-electron chi connectivity index (χ1n) is 15.5. The molecule has 6 rings (SSSR count). The van der Waals surface area contributed by atoms with Crippen molar-refractivity contribution in [2.45, 2.75) is 81.5 Å². The highest BCUT2D eigenvalue weighted by atomic mass is 35.5. The van der Waals surface area contributed by atoms with Gasteiger partial charge in [0, 0.05) is 33.1 Å². The van der Waals surface area contributed by atoms with Crippen molar-refractivity contribution in [3.05, 3.63) is 92.7 Å². The second-order valence-corrected chi connectivity index (χ2v) is 16.6. The number of anilines is 1. The summed E-state index contributed by atoms with van der Waals surface area (Å²) in [5.74, 6) is -2.86.